The molecular weight excluding hydrogens is 475 g/mol. The number of carbonyl (C=O) groups is 2. The molecule has 1 heterocycles. The van der Waals surface area contributed by atoms with Gasteiger partial charge in [0.25, 0.3) is 5.91 Å². The molecule has 0 radical (unpaired) electrons. The fourth-order valence-electron chi connectivity index (χ4n) is 2.97. The highest BCUT2D eigenvalue weighted by Gasteiger charge is 2.10. The third-order valence-corrected chi connectivity index (χ3v) is 5.15. The van der Waals surface area contributed by atoms with Crippen LogP contribution in [-0.4, -0.2) is 27.9 Å². The molecule has 0 saturated heterocycles. The summed E-state index contributed by atoms with van der Waals surface area (Å²) in [6.45, 7) is 0.516. The van der Waals surface area contributed by atoms with Gasteiger partial charge in [0.1, 0.15) is 5.75 Å². The number of benzene rings is 3. The maximum Gasteiger partial charge on any atom is 0.343 e. The summed E-state index contributed by atoms with van der Waals surface area (Å²) in [5.74, 6) is -0.567. The van der Waals surface area contributed by atoms with E-state index in [1.165, 1.54) is 12.3 Å². The lowest BCUT2D eigenvalue weighted by atomic mass is 10.2. The quantitative estimate of drug-likeness (QED) is 0.166. The van der Waals surface area contributed by atoms with Crippen molar-refractivity contribution >= 4 is 41.3 Å². The van der Waals surface area contributed by atoms with Gasteiger partial charge in [-0.05, 0) is 71.8 Å². The topological polar surface area (TPSA) is 85.6 Å². The van der Waals surface area contributed by atoms with Crippen LogP contribution in [0.15, 0.2) is 90.2 Å². The number of hydrogen-bond donors (Lipinski definition) is 1. The molecule has 4 rings (SSSR count). The van der Waals surface area contributed by atoms with Gasteiger partial charge in [0.05, 0.1) is 18.3 Å². The van der Waals surface area contributed by atoms with E-state index in [4.69, 9.17) is 27.9 Å². The molecule has 0 atom stereocenters. The first kappa shape index (κ1) is 23.2. The van der Waals surface area contributed by atoms with Crippen molar-refractivity contribution in [2.24, 2.45) is 5.10 Å². The van der Waals surface area contributed by atoms with Gasteiger partial charge in [0.15, 0.2) is 5.69 Å². The number of rotatable bonds is 7. The summed E-state index contributed by atoms with van der Waals surface area (Å²) in [5.41, 5.74) is 4.77. The highest BCUT2D eigenvalue weighted by molar-refractivity contribution is 6.31. The standard InChI is InChI=1S/C25H18Cl2N4O3/c26-20-8-4-18(5-9-20)16-31-13-12-23(30-31)24(32)29-28-15-17-6-10-22(11-7-17)34-25(33)19-2-1-3-21(27)14-19/h1-15H,16H2,(H,29,32)/b28-15-. The number of esters is 1. The lowest BCUT2D eigenvalue weighted by molar-refractivity contribution is 0.0734. The molecule has 4 aromatic rings. The molecule has 1 N–H and O–H groups in total. The molecule has 9 heteroatoms. The lowest BCUT2D eigenvalue weighted by Crippen LogP contribution is -2.18. The van der Waals surface area contributed by atoms with Crippen molar-refractivity contribution in [3.05, 3.63) is 117 Å². The molecule has 0 bridgehead atoms. The Bertz CT molecular complexity index is 1330. The molecule has 0 aliphatic rings. The molecule has 0 unspecified atom stereocenters. The van der Waals surface area contributed by atoms with E-state index >= 15 is 0 Å². The highest BCUT2D eigenvalue weighted by Crippen LogP contribution is 2.16. The molecule has 34 heavy (non-hydrogen) atoms. The number of nitrogens with one attached hydrogen (secondary N) is 1. The molecule has 0 fully saturated rings. The van der Waals surface area contributed by atoms with E-state index < -0.39 is 11.9 Å². The largest absolute Gasteiger partial charge is 0.423 e. The van der Waals surface area contributed by atoms with E-state index in [1.54, 1.807) is 71.5 Å². The van der Waals surface area contributed by atoms with Crippen molar-refractivity contribution in [3.8, 4) is 5.75 Å². The fourth-order valence-corrected chi connectivity index (χ4v) is 3.29. The minimum atomic E-state index is -0.508. The first-order valence-corrected chi connectivity index (χ1v) is 10.9. The van der Waals surface area contributed by atoms with Crippen LogP contribution >= 0.6 is 23.2 Å². The van der Waals surface area contributed by atoms with Crippen molar-refractivity contribution in [2.45, 2.75) is 6.54 Å². The minimum absolute atomic E-state index is 0.245. The Balaban J connectivity index is 1.29. The summed E-state index contributed by atoms with van der Waals surface area (Å²) in [6.07, 6.45) is 3.20. The Morgan fingerprint density at radius 2 is 1.74 bits per heavy atom. The van der Waals surface area contributed by atoms with Crippen LogP contribution in [0.2, 0.25) is 10.0 Å². The van der Waals surface area contributed by atoms with Crippen molar-refractivity contribution in [1.29, 1.82) is 0 Å². The van der Waals surface area contributed by atoms with E-state index in [-0.39, 0.29) is 5.69 Å². The average molecular weight is 493 g/mol. The third-order valence-electron chi connectivity index (χ3n) is 4.66. The number of nitrogens with zero attached hydrogens (tertiary/aromatic N) is 3. The molecule has 0 spiro atoms. The van der Waals surface area contributed by atoms with Crippen LogP contribution in [0.3, 0.4) is 0 Å². The number of halogens is 2. The Kier molecular flexibility index (Phi) is 7.37. The highest BCUT2D eigenvalue weighted by atomic mass is 35.5. The molecule has 0 aliphatic heterocycles. The van der Waals surface area contributed by atoms with Gasteiger partial charge < -0.3 is 4.74 Å². The molecule has 1 aromatic heterocycles. The number of amides is 1. The zero-order valence-corrected chi connectivity index (χ0v) is 19.2. The molecular formula is C25H18Cl2N4O3. The van der Waals surface area contributed by atoms with Gasteiger partial charge in [0, 0.05) is 16.2 Å². The van der Waals surface area contributed by atoms with E-state index in [0.29, 0.717) is 33.5 Å². The van der Waals surface area contributed by atoms with Crippen LogP contribution in [0, 0.1) is 0 Å². The third kappa shape index (κ3) is 6.31. The minimum Gasteiger partial charge on any atom is -0.423 e. The zero-order valence-electron chi connectivity index (χ0n) is 17.7. The van der Waals surface area contributed by atoms with E-state index in [9.17, 15) is 9.59 Å². The second-order valence-electron chi connectivity index (χ2n) is 7.19. The molecule has 170 valence electrons. The summed E-state index contributed by atoms with van der Waals surface area (Å²) >= 11 is 11.8. The summed E-state index contributed by atoms with van der Waals surface area (Å²) in [7, 11) is 0. The SMILES string of the molecule is O=C(Oc1ccc(/C=N\NC(=O)c2ccn(Cc3ccc(Cl)cc3)n2)cc1)c1cccc(Cl)c1. The predicted molar refractivity (Wildman–Crippen MR) is 131 cm³/mol. The van der Waals surface area contributed by atoms with Gasteiger partial charge in [0.2, 0.25) is 0 Å². The Hall–Kier alpha value is -3.94. The summed E-state index contributed by atoms with van der Waals surface area (Å²) in [4.78, 5) is 24.5. The van der Waals surface area contributed by atoms with Crippen LogP contribution in [-0.2, 0) is 6.54 Å². The second kappa shape index (κ2) is 10.8. The van der Waals surface area contributed by atoms with Crippen LogP contribution in [0.1, 0.15) is 32.0 Å². The molecule has 1 amide bonds. The van der Waals surface area contributed by atoms with Gasteiger partial charge in [-0.3, -0.25) is 9.48 Å². The molecule has 7 nitrogen and oxygen atoms in total. The normalized spacial score (nSPS) is 10.9. The van der Waals surface area contributed by atoms with Crippen LogP contribution < -0.4 is 10.2 Å². The van der Waals surface area contributed by atoms with Gasteiger partial charge >= 0.3 is 5.97 Å². The summed E-state index contributed by atoms with van der Waals surface area (Å²) < 4.78 is 6.99. The molecule has 3 aromatic carbocycles. The van der Waals surface area contributed by atoms with Crippen molar-refractivity contribution in [2.75, 3.05) is 0 Å². The fraction of sp³-hybridized carbons (Fsp3) is 0.0400. The number of carbonyl (C=O) groups excluding carboxylic acids is 2. The zero-order chi connectivity index (χ0) is 23.9. The van der Waals surface area contributed by atoms with Crippen LogP contribution in [0.25, 0.3) is 0 Å². The number of hydrogen-bond acceptors (Lipinski definition) is 5. The van der Waals surface area contributed by atoms with Crippen LogP contribution in [0.4, 0.5) is 0 Å². The first-order chi connectivity index (χ1) is 16.5. The molecule has 0 aliphatic carbocycles. The van der Waals surface area contributed by atoms with Gasteiger partial charge in [-0.2, -0.15) is 10.2 Å². The Morgan fingerprint density at radius 1 is 0.971 bits per heavy atom. The van der Waals surface area contributed by atoms with E-state index in [1.807, 2.05) is 12.1 Å². The lowest BCUT2D eigenvalue weighted by Gasteiger charge is -2.05. The summed E-state index contributed by atoms with van der Waals surface area (Å²) in [6, 6.07) is 22.2. The maximum absolute atomic E-state index is 12.3. The second-order valence-corrected chi connectivity index (χ2v) is 8.07. The number of ether oxygens (including phenoxy) is 1. The van der Waals surface area contributed by atoms with Crippen molar-refractivity contribution in [3.63, 3.8) is 0 Å². The Labute approximate surface area is 205 Å². The predicted octanol–water partition coefficient (Wildman–Crippen LogP) is 5.22. The number of aromatic nitrogens is 2. The first-order valence-electron chi connectivity index (χ1n) is 10.2. The van der Waals surface area contributed by atoms with Crippen molar-refractivity contribution in [1.82, 2.24) is 15.2 Å². The summed E-state index contributed by atoms with van der Waals surface area (Å²) in [5, 5.41) is 9.34. The smallest absolute Gasteiger partial charge is 0.343 e. The van der Waals surface area contributed by atoms with E-state index in [0.717, 1.165) is 5.56 Å². The van der Waals surface area contributed by atoms with Gasteiger partial charge in [-0.1, -0.05) is 41.4 Å². The van der Waals surface area contributed by atoms with Gasteiger partial charge in [-0.15, -0.1) is 0 Å². The number of hydrazone groups is 1. The maximum atomic E-state index is 12.3. The Morgan fingerprint density at radius 3 is 2.47 bits per heavy atom. The van der Waals surface area contributed by atoms with Crippen LogP contribution in [0.5, 0.6) is 5.75 Å². The van der Waals surface area contributed by atoms with Crippen molar-refractivity contribution < 1.29 is 14.3 Å². The average Bonchev–Trinajstić information content (AvgIpc) is 3.30. The van der Waals surface area contributed by atoms with Gasteiger partial charge in [-0.25, -0.2) is 10.2 Å². The van der Waals surface area contributed by atoms with E-state index in [2.05, 4.69) is 15.6 Å². The monoisotopic (exact) mass is 492 g/mol. The molecule has 0 saturated carbocycles.